The number of carbonyl (C=O) groups is 1. The van der Waals surface area contributed by atoms with Crippen LogP contribution < -0.4 is 4.74 Å². The molecule has 2 nitrogen and oxygen atoms in total. The van der Waals surface area contributed by atoms with E-state index in [1.54, 1.807) is 7.11 Å². The third-order valence-corrected chi connectivity index (χ3v) is 3.10. The maximum Gasteiger partial charge on any atom is 0.162 e. The average molecular weight is 285 g/mol. The molecule has 1 rings (SSSR count). The van der Waals surface area contributed by atoms with Crippen LogP contribution in [0.2, 0.25) is 0 Å². The summed E-state index contributed by atoms with van der Waals surface area (Å²) < 4.78 is 5.95. The summed E-state index contributed by atoms with van der Waals surface area (Å²) >= 11 is 3.38. The van der Waals surface area contributed by atoms with Gasteiger partial charge >= 0.3 is 0 Å². The van der Waals surface area contributed by atoms with Gasteiger partial charge in [0, 0.05) is 12.0 Å². The van der Waals surface area contributed by atoms with Crippen molar-refractivity contribution < 1.29 is 9.53 Å². The van der Waals surface area contributed by atoms with Crippen molar-refractivity contribution in [3.63, 3.8) is 0 Å². The minimum Gasteiger partial charge on any atom is -0.496 e. The third kappa shape index (κ3) is 3.63. The van der Waals surface area contributed by atoms with Crippen LogP contribution in [0.3, 0.4) is 0 Å². The number of hydrogen-bond donors (Lipinski definition) is 0. The van der Waals surface area contributed by atoms with E-state index in [9.17, 15) is 4.79 Å². The van der Waals surface area contributed by atoms with Crippen LogP contribution in [-0.2, 0) is 0 Å². The minimum absolute atomic E-state index is 0.205. The smallest absolute Gasteiger partial charge is 0.162 e. The fourth-order valence-electron chi connectivity index (χ4n) is 1.52. The summed E-state index contributed by atoms with van der Waals surface area (Å²) in [6.07, 6.45) is 3.86. The van der Waals surface area contributed by atoms with E-state index in [0.717, 1.165) is 35.0 Å². The van der Waals surface area contributed by atoms with Gasteiger partial charge in [0.2, 0.25) is 0 Å². The standard InChI is InChI=1S/C13H17BrO2/c1-3-4-5-6-12(15)10-7-8-13(16-2)11(14)9-10/h7-9H,3-6H2,1-2H3. The average Bonchev–Trinajstić information content (AvgIpc) is 2.29. The second-order valence-electron chi connectivity index (χ2n) is 3.73. The van der Waals surface area contributed by atoms with Crippen molar-refractivity contribution in [1.29, 1.82) is 0 Å². The largest absolute Gasteiger partial charge is 0.496 e. The first-order valence-electron chi connectivity index (χ1n) is 5.55. The van der Waals surface area contributed by atoms with Crippen molar-refractivity contribution in [2.75, 3.05) is 7.11 Å². The van der Waals surface area contributed by atoms with Crippen molar-refractivity contribution in [3.05, 3.63) is 28.2 Å². The molecule has 0 aromatic heterocycles. The molecule has 0 atom stereocenters. The highest BCUT2D eigenvalue weighted by Gasteiger charge is 2.08. The van der Waals surface area contributed by atoms with Crippen LogP contribution >= 0.6 is 15.9 Å². The molecule has 0 radical (unpaired) electrons. The summed E-state index contributed by atoms with van der Waals surface area (Å²) in [5, 5.41) is 0. The zero-order valence-corrected chi connectivity index (χ0v) is 11.3. The summed E-state index contributed by atoms with van der Waals surface area (Å²) in [5.74, 6) is 0.960. The Morgan fingerprint density at radius 1 is 1.38 bits per heavy atom. The van der Waals surface area contributed by atoms with Gasteiger partial charge in [-0.2, -0.15) is 0 Å². The molecule has 1 aromatic rings. The molecule has 0 aliphatic carbocycles. The number of ether oxygens (including phenoxy) is 1. The van der Waals surface area contributed by atoms with E-state index in [1.165, 1.54) is 0 Å². The molecule has 0 aliphatic rings. The topological polar surface area (TPSA) is 26.3 Å². The summed E-state index contributed by atoms with van der Waals surface area (Å²) in [5.41, 5.74) is 0.753. The Kier molecular flexibility index (Phi) is 5.53. The summed E-state index contributed by atoms with van der Waals surface area (Å²) in [7, 11) is 1.61. The van der Waals surface area contributed by atoms with Crippen LogP contribution in [0.4, 0.5) is 0 Å². The Labute approximate surface area is 105 Å². The molecule has 0 bridgehead atoms. The molecule has 0 unspecified atom stereocenters. The van der Waals surface area contributed by atoms with Gasteiger partial charge in [-0.25, -0.2) is 0 Å². The Morgan fingerprint density at radius 3 is 2.69 bits per heavy atom. The van der Waals surface area contributed by atoms with Crippen molar-refractivity contribution >= 4 is 21.7 Å². The predicted octanol–water partition coefficient (Wildman–Crippen LogP) is 4.22. The van der Waals surface area contributed by atoms with Gasteiger partial charge in [0.15, 0.2) is 5.78 Å². The van der Waals surface area contributed by atoms with Gasteiger partial charge in [0.1, 0.15) is 5.75 Å². The highest BCUT2D eigenvalue weighted by Crippen LogP contribution is 2.26. The van der Waals surface area contributed by atoms with Crippen LogP contribution in [0.25, 0.3) is 0 Å². The first-order valence-corrected chi connectivity index (χ1v) is 6.35. The number of halogens is 1. The molecule has 0 aliphatic heterocycles. The Bertz CT molecular complexity index is 361. The molecule has 0 heterocycles. The highest BCUT2D eigenvalue weighted by molar-refractivity contribution is 9.10. The molecular formula is C13H17BrO2. The first-order chi connectivity index (χ1) is 7.69. The lowest BCUT2D eigenvalue weighted by molar-refractivity contribution is 0.0979. The van der Waals surface area contributed by atoms with E-state index in [-0.39, 0.29) is 5.78 Å². The zero-order valence-electron chi connectivity index (χ0n) is 9.75. The SMILES string of the molecule is CCCCCC(=O)c1ccc(OC)c(Br)c1. The van der Waals surface area contributed by atoms with E-state index < -0.39 is 0 Å². The van der Waals surface area contributed by atoms with E-state index >= 15 is 0 Å². The molecule has 1 aromatic carbocycles. The number of unbranched alkanes of at least 4 members (excludes halogenated alkanes) is 2. The lowest BCUT2D eigenvalue weighted by atomic mass is 10.0. The van der Waals surface area contributed by atoms with Crippen LogP contribution in [0, 0.1) is 0 Å². The van der Waals surface area contributed by atoms with Crippen molar-refractivity contribution in [3.8, 4) is 5.75 Å². The highest BCUT2D eigenvalue weighted by atomic mass is 79.9. The Hall–Kier alpha value is -0.830. The van der Waals surface area contributed by atoms with Gasteiger partial charge < -0.3 is 4.74 Å². The van der Waals surface area contributed by atoms with Crippen LogP contribution in [0.5, 0.6) is 5.75 Å². The lowest BCUT2D eigenvalue weighted by Gasteiger charge is -2.05. The van der Waals surface area contributed by atoms with Crippen molar-refractivity contribution in [2.45, 2.75) is 32.6 Å². The number of methoxy groups -OCH3 is 1. The first kappa shape index (κ1) is 13.2. The number of rotatable bonds is 6. The fraction of sp³-hybridized carbons (Fsp3) is 0.462. The number of Topliss-reactive ketones (excluding diaryl/α,β-unsaturated/α-hetero) is 1. The van der Waals surface area contributed by atoms with Crippen LogP contribution in [0.15, 0.2) is 22.7 Å². The molecule has 0 fully saturated rings. The van der Waals surface area contributed by atoms with Crippen molar-refractivity contribution in [2.24, 2.45) is 0 Å². The van der Waals surface area contributed by atoms with Gasteiger partial charge in [-0.1, -0.05) is 19.8 Å². The van der Waals surface area contributed by atoms with E-state index in [4.69, 9.17) is 4.74 Å². The second-order valence-corrected chi connectivity index (χ2v) is 4.58. The van der Waals surface area contributed by atoms with E-state index in [1.807, 2.05) is 18.2 Å². The van der Waals surface area contributed by atoms with E-state index in [0.29, 0.717) is 6.42 Å². The lowest BCUT2D eigenvalue weighted by Crippen LogP contribution is -1.99. The zero-order chi connectivity index (χ0) is 12.0. The predicted molar refractivity (Wildman–Crippen MR) is 69.2 cm³/mol. The summed E-state index contributed by atoms with van der Waals surface area (Å²) in [6.45, 7) is 2.13. The molecule has 0 saturated heterocycles. The van der Waals surface area contributed by atoms with Crippen LogP contribution in [0.1, 0.15) is 43.0 Å². The number of hydrogen-bond acceptors (Lipinski definition) is 2. The fourth-order valence-corrected chi connectivity index (χ4v) is 2.06. The molecular weight excluding hydrogens is 268 g/mol. The van der Waals surface area contributed by atoms with Crippen molar-refractivity contribution in [1.82, 2.24) is 0 Å². The Balaban J connectivity index is 2.66. The minimum atomic E-state index is 0.205. The molecule has 88 valence electrons. The Morgan fingerprint density at radius 2 is 2.12 bits per heavy atom. The molecule has 0 amide bonds. The molecule has 0 spiro atoms. The van der Waals surface area contributed by atoms with Crippen LogP contribution in [-0.4, -0.2) is 12.9 Å². The number of benzene rings is 1. The number of carbonyl (C=O) groups excluding carboxylic acids is 1. The second kappa shape index (κ2) is 6.69. The monoisotopic (exact) mass is 284 g/mol. The maximum absolute atomic E-state index is 11.8. The van der Waals surface area contributed by atoms with Gasteiger partial charge in [-0.3, -0.25) is 4.79 Å². The summed E-state index contributed by atoms with van der Waals surface area (Å²) in [4.78, 5) is 11.8. The maximum atomic E-state index is 11.8. The summed E-state index contributed by atoms with van der Waals surface area (Å²) in [6, 6.07) is 5.46. The molecule has 16 heavy (non-hydrogen) atoms. The van der Waals surface area contributed by atoms with Gasteiger partial charge in [0.05, 0.1) is 11.6 Å². The molecule has 0 N–H and O–H groups in total. The van der Waals surface area contributed by atoms with Gasteiger partial charge in [-0.15, -0.1) is 0 Å². The molecule has 3 heteroatoms. The molecule has 0 saturated carbocycles. The van der Waals surface area contributed by atoms with Gasteiger partial charge in [-0.05, 0) is 40.5 Å². The quantitative estimate of drug-likeness (QED) is 0.577. The van der Waals surface area contributed by atoms with Gasteiger partial charge in [0.25, 0.3) is 0 Å². The normalized spacial score (nSPS) is 10.2. The van der Waals surface area contributed by atoms with E-state index in [2.05, 4.69) is 22.9 Å². The number of ketones is 1. The third-order valence-electron chi connectivity index (χ3n) is 2.48.